The fourth-order valence-corrected chi connectivity index (χ4v) is 7.85. The van der Waals surface area contributed by atoms with Gasteiger partial charge in [0.2, 0.25) is 0 Å². The molecule has 4 heterocycles. The number of aromatic nitrogens is 4. The predicted molar refractivity (Wildman–Crippen MR) is 116 cm³/mol. The number of nitrogens with zero attached hydrogens (tertiary/aromatic N) is 4. The Morgan fingerprint density at radius 2 is 1.89 bits per heavy atom. The van der Waals surface area contributed by atoms with Crippen LogP contribution in [0.15, 0.2) is 30.6 Å². The molecule has 2 fully saturated rings. The molecule has 0 saturated carbocycles. The number of benzene rings is 1. The topological polar surface area (TPSA) is 81.8 Å². The van der Waals surface area contributed by atoms with E-state index in [1.807, 2.05) is 0 Å². The van der Waals surface area contributed by atoms with Crippen LogP contribution in [0.3, 0.4) is 0 Å². The van der Waals surface area contributed by atoms with Gasteiger partial charge in [-0.2, -0.15) is 0 Å². The van der Waals surface area contributed by atoms with Crippen molar-refractivity contribution in [2.75, 3.05) is 28.6 Å². The third-order valence-electron chi connectivity index (χ3n) is 5.06. The number of fused-ring (bicyclic) bond motifs is 1. The molecule has 9 heteroatoms. The number of imidazole rings is 1. The summed E-state index contributed by atoms with van der Waals surface area (Å²) in [6.45, 7) is 2.37. The van der Waals surface area contributed by atoms with Crippen LogP contribution < -0.4 is 15.5 Å². The monoisotopic (exact) mass is 509 g/mol. The summed E-state index contributed by atoms with van der Waals surface area (Å²) in [7, 11) is 0. The number of anilines is 4. The van der Waals surface area contributed by atoms with E-state index in [1.165, 1.54) is 46.5 Å². The van der Waals surface area contributed by atoms with Gasteiger partial charge < -0.3 is 0 Å². The van der Waals surface area contributed by atoms with E-state index < -0.39 is 0 Å². The van der Waals surface area contributed by atoms with Gasteiger partial charge in [0.25, 0.3) is 0 Å². The van der Waals surface area contributed by atoms with E-state index in [0.717, 1.165) is 46.9 Å². The first-order chi connectivity index (χ1) is 13.8. The molecule has 1 atom stereocenters. The Morgan fingerprint density at radius 1 is 1.04 bits per heavy atom. The van der Waals surface area contributed by atoms with Crippen molar-refractivity contribution < 1.29 is 0 Å². The second-order valence-electron chi connectivity index (χ2n) is 6.97. The molecule has 2 aromatic heterocycles. The van der Waals surface area contributed by atoms with E-state index >= 15 is 0 Å². The number of rotatable bonds is 5. The molecule has 3 aromatic rings. The van der Waals surface area contributed by atoms with Crippen LogP contribution in [0, 0.1) is 0 Å². The summed E-state index contributed by atoms with van der Waals surface area (Å²) in [5.74, 6) is 1.43. The minimum atomic E-state index is 0.513. The fraction of sp³-hybridized carbons (Fsp3) is 0.421. The standard InChI is InChI=1S/C19H23N7Se2/c1-3-15(26-6-9-27-10-7-26)4-2-13(1)23-19-24-17-16(20-12-21-17)18(25-19)22-14-5-8-28-11-14/h1-4,12,14H,5-11H2,(H3,20,21,22,23,24,25)/t14-/m0/s1. The van der Waals surface area contributed by atoms with Gasteiger partial charge in [-0.3, -0.25) is 0 Å². The van der Waals surface area contributed by atoms with Crippen LogP contribution in [0.25, 0.3) is 11.2 Å². The van der Waals surface area contributed by atoms with Gasteiger partial charge in [-0.1, -0.05) is 0 Å². The average Bonchev–Trinajstić information content (AvgIpc) is 3.41. The Labute approximate surface area is 176 Å². The summed E-state index contributed by atoms with van der Waals surface area (Å²) in [5.41, 5.74) is 3.87. The van der Waals surface area contributed by atoms with Crippen LogP contribution in [0.2, 0.25) is 21.3 Å². The van der Waals surface area contributed by atoms with Crippen molar-refractivity contribution >= 4 is 64.2 Å². The molecule has 5 rings (SSSR count). The predicted octanol–water partition coefficient (Wildman–Crippen LogP) is 3.18. The van der Waals surface area contributed by atoms with Gasteiger partial charge in [-0.15, -0.1) is 0 Å². The fourth-order valence-electron chi connectivity index (χ4n) is 3.54. The first kappa shape index (κ1) is 18.3. The first-order valence-corrected chi connectivity index (χ1v) is 14.4. The normalized spacial score (nSPS) is 19.9. The third-order valence-corrected chi connectivity index (χ3v) is 9.47. The van der Waals surface area contributed by atoms with Crippen molar-refractivity contribution in [3.05, 3.63) is 30.6 Å². The zero-order valence-electron chi connectivity index (χ0n) is 15.5. The van der Waals surface area contributed by atoms with Crippen molar-refractivity contribution in [3.8, 4) is 0 Å². The molecule has 2 aliphatic rings. The Bertz CT molecular complexity index is 931. The average molecular weight is 507 g/mol. The Morgan fingerprint density at radius 3 is 2.68 bits per heavy atom. The van der Waals surface area contributed by atoms with Gasteiger partial charge in [0.05, 0.1) is 0 Å². The molecule has 7 nitrogen and oxygen atoms in total. The van der Waals surface area contributed by atoms with E-state index in [4.69, 9.17) is 4.98 Å². The molecular formula is C19H23N7Se2. The van der Waals surface area contributed by atoms with E-state index in [2.05, 4.69) is 54.8 Å². The second kappa shape index (κ2) is 8.29. The molecule has 0 spiro atoms. The number of H-pyrrole nitrogens is 1. The summed E-state index contributed by atoms with van der Waals surface area (Å²) in [6.07, 6.45) is 2.91. The van der Waals surface area contributed by atoms with Crippen molar-refractivity contribution in [1.29, 1.82) is 0 Å². The zero-order chi connectivity index (χ0) is 18.8. The van der Waals surface area contributed by atoms with Crippen molar-refractivity contribution in [3.63, 3.8) is 0 Å². The molecule has 0 amide bonds. The van der Waals surface area contributed by atoms with E-state index in [1.54, 1.807) is 6.33 Å². The van der Waals surface area contributed by atoms with Crippen molar-refractivity contribution in [2.24, 2.45) is 0 Å². The molecule has 1 aromatic carbocycles. The minimum absolute atomic E-state index is 0.513. The second-order valence-corrected chi connectivity index (χ2v) is 12.0. The quantitative estimate of drug-likeness (QED) is 0.461. The van der Waals surface area contributed by atoms with Gasteiger partial charge in [0.15, 0.2) is 0 Å². The summed E-state index contributed by atoms with van der Waals surface area (Å²) in [4.78, 5) is 19.3. The van der Waals surface area contributed by atoms with Crippen LogP contribution in [0.4, 0.5) is 23.1 Å². The zero-order valence-corrected chi connectivity index (χ0v) is 18.9. The summed E-state index contributed by atoms with van der Waals surface area (Å²) < 4.78 is 0. The Kier molecular flexibility index (Phi) is 5.41. The number of aromatic amines is 1. The van der Waals surface area contributed by atoms with Gasteiger partial charge in [0, 0.05) is 0 Å². The molecule has 2 aliphatic heterocycles. The van der Waals surface area contributed by atoms with Crippen LogP contribution in [0.5, 0.6) is 0 Å². The molecule has 0 bridgehead atoms. The van der Waals surface area contributed by atoms with Crippen molar-refractivity contribution in [2.45, 2.75) is 33.7 Å². The van der Waals surface area contributed by atoms with Crippen LogP contribution >= 0.6 is 0 Å². The molecule has 2 saturated heterocycles. The molecule has 0 aliphatic carbocycles. The maximum atomic E-state index is 4.74. The first-order valence-electron chi connectivity index (χ1n) is 9.60. The van der Waals surface area contributed by atoms with Gasteiger partial charge in [-0.05, 0) is 0 Å². The van der Waals surface area contributed by atoms with E-state index in [-0.39, 0.29) is 0 Å². The molecule has 0 unspecified atom stereocenters. The summed E-state index contributed by atoms with van der Waals surface area (Å²) in [5, 5.41) is 12.3. The van der Waals surface area contributed by atoms with E-state index in [0.29, 0.717) is 17.6 Å². The van der Waals surface area contributed by atoms with Crippen molar-refractivity contribution in [1.82, 2.24) is 19.9 Å². The summed E-state index contributed by atoms with van der Waals surface area (Å²) >= 11 is 1.60. The van der Waals surface area contributed by atoms with Crippen LogP contribution in [0.1, 0.15) is 6.42 Å². The van der Waals surface area contributed by atoms with Crippen LogP contribution in [-0.4, -0.2) is 69.0 Å². The molecule has 28 heavy (non-hydrogen) atoms. The molecule has 0 radical (unpaired) electrons. The molecule has 3 N–H and O–H groups in total. The van der Waals surface area contributed by atoms with Gasteiger partial charge in [-0.25, -0.2) is 0 Å². The third kappa shape index (κ3) is 3.98. The molecule has 146 valence electrons. The van der Waals surface area contributed by atoms with Gasteiger partial charge >= 0.3 is 177 Å². The maximum absolute atomic E-state index is 4.74. The summed E-state index contributed by atoms with van der Waals surface area (Å²) in [6, 6.07) is 9.11. The number of hydrogen-bond donors (Lipinski definition) is 3. The SMILES string of the molecule is c1nc2nc(Nc3ccc(N4CC[Se]CC4)cc3)nc(N[C@H]3CC[Se]C3)c2[nH]1. The van der Waals surface area contributed by atoms with E-state index in [9.17, 15) is 0 Å². The van der Waals surface area contributed by atoms with Gasteiger partial charge in [0.1, 0.15) is 0 Å². The number of hydrogen-bond acceptors (Lipinski definition) is 6. The Balaban J connectivity index is 1.35. The van der Waals surface area contributed by atoms with Crippen LogP contribution in [-0.2, 0) is 0 Å². The Hall–Kier alpha value is -1.79. The number of nitrogens with one attached hydrogen (secondary N) is 3. The molecular weight excluding hydrogens is 484 g/mol.